The summed E-state index contributed by atoms with van der Waals surface area (Å²) in [6, 6.07) is 17.3. The van der Waals surface area contributed by atoms with Crippen LogP contribution in [-0.2, 0) is 13.6 Å². The summed E-state index contributed by atoms with van der Waals surface area (Å²) in [5.41, 5.74) is 11.8. The molecule has 19 heavy (non-hydrogen) atoms. The van der Waals surface area contributed by atoms with Gasteiger partial charge in [0.2, 0.25) is 0 Å². The van der Waals surface area contributed by atoms with E-state index in [0.29, 0.717) is 6.54 Å². The quantitative estimate of drug-likeness (QED) is 0.740. The van der Waals surface area contributed by atoms with Crippen LogP contribution in [0.25, 0.3) is 22.0 Å². The maximum absolute atomic E-state index is 5.63. The van der Waals surface area contributed by atoms with Crippen molar-refractivity contribution in [2.24, 2.45) is 12.8 Å². The molecule has 0 aliphatic heterocycles. The Morgan fingerprint density at radius 2 is 1.63 bits per heavy atom. The van der Waals surface area contributed by atoms with Gasteiger partial charge in [-0.2, -0.15) is 0 Å². The number of hydrogen-bond acceptors (Lipinski definition) is 1. The van der Waals surface area contributed by atoms with E-state index in [1.165, 1.54) is 33.3 Å². The average Bonchev–Trinajstić information content (AvgIpc) is 2.74. The van der Waals surface area contributed by atoms with E-state index in [-0.39, 0.29) is 0 Å². The number of hydrogen-bond donors (Lipinski definition) is 1. The molecule has 3 rings (SSSR count). The van der Waals surface area contributed by atoms with Gasteiger partial charge >= 0.3 is 0 Å². The topological polar surface area (TPSA) is 30.9 Å². The first-order valence-corrected chi connectivity index (χ1v) is 6.54. The van der Waals surface area contributed by atoms with Crippen LogP contribution in [0.15, 0.2) is 48.5 Å². The van der Waals surface area contributed by atoms with Crippen LogP contribution in [0.4, 0.5) is 0 Å². The highest BCUT2D eigenvalue weighted by Crippen LogP contribution is 2.26. The lowest BCUT2D eigenvalue weighted by atomic mass is 10.0. The SMILES string of the molecule is Cc1cc2cc(-c3ccc(CN)cc3)ccc2n1C. The standard InChI is InChI=1S/C17H18N2/c1-12-9-16-10-15(7-8-17(16)19(12)2)14-5-3-13(11-18)4-6-14/h3-10H,11,18H2,1-2H3. The Morgan fingerprint density at radius 3 is 2.32 bits per heavy atom. The summed E-state index contributed by atoms with van der Waals surface area (Å²) >= 11 is 0. The molecule has 0 saturated carbocycles. The Hall–Kier alpha value is -2.06. The largest absolute Gasteiger partial charge is 0.348 e. The highest BCUT2D eigenvalue weighted by Gasteiger charge is 2.04. The minimum Gasteiger partial charge on any atom is -0.348 e. The van der Waals surface area contributed by atoms with Gasteiger partial charge in [0.25, 0.3) is 0 Å². The molecule has 0 spiro atoms. The van der Waals surface area contributed by atoms with Crippen molar-refractivity contribution < 1.29 is 0 Å². The molecule has 2 heteroatoms. The van der Waals surface area contributed by atoms with E-state index < -0.39 is 0 Å². The fourth-order valence-corrected chi connectivity index (χ4v) is 2.50. The van der Waals surface area contributed by atoms with Gasteiger partial charge in [-0.3, -0.25) is 0 Å². The maximum atomic E-state index is 5.63. The Morgan fingerprint density at radius 1 is 0.947 bits per heavy atom. The molecule has 0 amide bonds. The molecule has 3 aromatic rings. The number of benzene rings is 2. The lowest BCUT2D eigenvalue weighted by molar-refractivity contribution is 0.918. The zero-order valence-corrected chi connectivity index (χ0v) is 11.4. The molecule has 0 atom stereocenters. The third kappa shape index (κ3) is 2.04. The first-order chi connectivity index (χ1) is 9.19. The van der Waals surface area contributed by atoms with Gasteiger partial charge in [0, 0.05) is 30.2 Å². The fourth-order valence-electron chi connectivity index (χ4n) is 2.50. The molecule has 2 N–H and O–H groups in total. The van der Waals surface area contributed by atoms with E-state index in [0.717, 1.165) is 0 Å². The number of fused-ring (bicyclic) bond motifs is 1. The van der Waals surface area contributed by atoms with E-state index in [2.05, 4.69) is 67.1 Å². The molecular weight excluding hydrogens is 232 g/mol. The van der Waals surface area contributed by atoms with Crippen molar-refractivity contribution in [3.05, 3.63) is 59.8 Å². The molecule has 2 aromatic carbocycles. The van der Waals surface area contributed by atoms with Crippen molar-refractivity contribution in [1.29, 1.82) is 0 Å². The summed E-state index contributed by atoms with van der Waals surface area (Å²) in [6.45, 7) is 2.73. The van der Waals surface area contributed by atoms with Gasteiger partial charge in [-0.15, -0.1) is 0 Å². The molecule has 0 fully saturated rings. The minimum absolute atomic E-state index is 0.594. The zero-order chi connectivity index (χ0) is 13.4. The number of rotatable bonds is 2. The predicted molar refractivity (Wildman–Crippen MR) is 81.0 cm³/mol. The van der Waals surface area contributed by atoms with Crippen LogP contribution in [0.3, 0.4) is 0 Å². The van der Waals surface area contributed by atoms with Crippen molar-refractivity contribution >= 4 is 10.9 Å². The van der Waals surface area contributed by atoms with Crippen molar-refractivity contribution in [3.63, 3.8) is 0 Å². The molecule has 0 aliphatic carbocycles. The molecule has 0 bridgehead atoms. The summed E-state index contributed by atoms with van der Waals surface area (Å²) in [5, 5.41) is 1.29. The lowest BCUT2D eigenvalue weighted by Crippen LogP contribution is -1.95. The molecule has 1 aromatic heterocycles. The second kappa shape index (κ2) is 4.56. The van der Waals surface area contributed by atoms with Crippen molar-refractivity contribution in [1.82, 2.24) is 4.57 Å². The monoisotopic (exact) mass is 250 g/mol. The van der Waals surface area contributed by atoms with Gasteiger partial charge in [-0.1, -0.05) is 30.3 Å². The van der Waals surface area contributed by atoms with E-state index >= 15 is 0 Å². The second-order valence-electron chi connectivity index (χ2n) is 5.02. The molecule has 96 valence electrons. The Balaban J connectivity index is 2.09. The lowest BCUT2D eigenvalue weighted by Gasteiger charge is -2.04. The summed E-state index contributed by atoms with van der Waals surface area (Å²) in [6.07, 6.45) is 0. The highest BCUT2D eigenvalue weighted by molar-refractivity contribution is 5.86. The van der Waals surface area contributed by atoms with Crippen molar-refractivity contribution in [2.75, 3.05) is 0 Å². The van der Waals surface area contributed by atoms with Crippen LogP contribution < -0.4 is 5.73 Å². The summed E-state index contributed by atoms with van der Waals surface area (Å²) in [7, 11) is 2.10. The second-order valence-corrected chi connectivity index (χ2v) is 5.02. The van der Waals surface area contributed by atoms with Gasteiger partial charge in [-0.25, -0.2) is 0 Å². The number of nitrogens with two attached hydrogens (primary N) is 1. The van der Waals surface area contributed by atoms with Crippen molar-refractivity contribution in [2.45, 2.75) is 13.5 Å². The Labute approximate surface area is 113 Å². The first kappa shape index (κ1) is 12.0. The number of aromatic nitrogens is 1. The third-order valence-electron chi connectivity index (χ3n) is 3.81. The normalized spacial score (nSPS) is 11.1. The molecule has 0 radical (unpaired) electrons. The smallest absolute Gasteiger partial charge is 0.0480 e. The van der Waals surface area contributed by atoms with Crippen LogP contribution in [0, 0.1) is 6.92 Å². The van der Waals surface area contributed by atoms with E-state index in [1.807, 2.05) is 0 Å². The maximum Gasteiger partial charge on any atom is 0.0480 e. The number of nitrogens with zero attached hydrogens (tertiary/aromatic N) is 1. The first-order valence-electron chi connectivity index (χ1n) is 6.54. The zero-order valence-electron chi connectivity index (χ0n) is 11.4. The van der Waals surface area contributed by atoms with Gasteiger partial charge in [0.15, 0.2) is 0 Å². The van der Waals surface area contributed by atoms with Gasteiger partial charge in [-0.05, 0) is 41.8 Å². The molecule has 0 aliphatic rings. The van der Waals surface area contributed by atoms with Crippen LogP contribution in [0.5, 0.6) is 0 Å². The van der Waals surface area contributed by atoms with E-state index in [9.17, 15) is 0 Å². The molecule has 1 heterocycles. The summed E-state index contributed by atoms with van der Waals surface area (Å²) in [5.74, 6) is 0. The highest BCUT2D eigenvalue weighted by atomic mass is 14.9. The summed E-state index contributed by atoms with van der Waals surface area (Å²) < 4.78 is 2.22. The van der Waals surface area contributed by atoms with E-state index in [4.69, 9.17) is 5.73 Å². The molecule has 2 nitrogen and oxygen atoms in total. The molecule has 0 saturated heterocycles. The fraction of sp³-hybridized carbons (Fsp3) is 0.176. The van der Waals surface area contributed by atoms with Gasteiger partial charge in [0.1, 0.15) is 0 Å². The third-order valence-corrected chi connectivity index (χ3v) is 3.81. The summed E-state index contributed by atoms with van der Waals surface area (Å²) in [4.78, 5) is 0. The average molecular weight is 250 g/mol. The Bertz CT molecular complexity index is 721. The Kier molecular flexibility index (Phi) is 2.88. The van der Waals surface area contributed by atoms with Crippen LogP contribution in [0.1, 0.15) is 11.3 Å². The van der Waals surface area contributed by atoms with Crippen molar-refractivity contribution in [3.8, 4) is 11.1 Å². The molecule has 0 unspecified atom stereocenters. The predicted octanol–water partition coefficient (Wildman–Crippen LogP) is 3.61. The van der Waals surface area contributed by atoms with Crippen LogP contribution in [-0.4, -0.2) is 4.57 Å². The van der Waals surface area contributed by atoms with Crippen LogP contribution in [0.2, 0.25) is 0 Å². The molecular formula is C17H18N2. The van der Waals surface area contributed by atoms with Crippen LogP contribution >= 0.6 is 0 Å². The van der Waals surface area contributed by atoms with Gasteiger partial charge < -0.3 is 10.3 Å². The van der Waals surface area contributed by atoms with Gasteiger partial charge in [0.05, 0.1) is 0 Å². The van der Waals surface area contributed by atoms with E-state index in [1.54, 1.807) is 0 Å². The minimum atomic E-state index is 0.594. The number of aryl methyl sites for hydroxylation is 2.